The number of fused-ring (bicyclic) bond motifs is 4. The SMILES string of the molecule is COc1ccc2cc1OCCCN(C(=O)CCc1c(C)nc(=O)[nH]c1C)CC(=O)N[C@@H](Cc1ccccc1)C(=O)NCCn1ccnc1-2. The summed E-state index contributed by atoms with van der Waals surface area (Å²) < 4.78 is 13.6. The summed E-state index contributed by atoms with van der Waals surface area (Å²) in [5.74, 6) is 0.743. The van der Waals surface area contributed by atoms with Gasteiger partial charge in [-0.15, -0.1) is 0 Å². The number of aryl methyl sites for hydroxylation is 2. The molecule has 0 unspecified atom stereocenters. The van der Waals surface area contributed by atoms with E-state index in [-0.39, 0.29) is 44.4 Å². The first-order valence-corrected chi connectivity index (χ1v) is 16.0. The van der Waals surface area contributed by atoms with Gasteiger partial charge in [0, 0.05) is 61.8 Å². The molecule has 3 N–H and O–H groups in total. The van der Waals surface area contributed by atoms with Gasteiger partial charge in [-0.25, -0.2) is 9.78 Å². The highest BCUT2D eigenvalue weighted by Gasteiger charge is 2.25. The van der Waals surface area contributed by atoms with E-state index >= 15 is 0 Å². The minimum atomic E-state index is -0.858. The van der Waals surface area contributed by atoms with E-state index in [0.29, 0.717) is 54.6 Å². The van der Waals surface area contributed by atoms with Gasteiger partial charge in [0.2, 0.25) is 17.7 Å². The number of aromatic nitrogens is 4. The molecule has 0 spiro atoms. The summed E-state index contributed by atoms with van der Waals surface area (Å²) in [6.45, 7) is 4.49. The predicted octanol–water partition coefficient (Wildman–Crippen LogP) is 2.35. The lowest BCUT2D eigenvalue weighted by atomic mass is 10.0. The number of imidazole rings is 1. The van der Waals surface area contributed by atoms with Crippen molar-refractivity contribution in [3.8, 4) is 22.9 Å². The molecule has 2 bridgehead atoms. The third kappa shape index (κ3) is 8.66. The molecule has 1 aliphatic heterocycles. The van der Waals surface area contributed by atoms with Crippen LogP contribution in [0.1, 0.15) is 35.4 Å². The molecule has 0 fully saturated rings. The fourth-order valence-electron chi connectivity index (χ4n) is 5.82. The van der Waals surface area contributed by atoms with Crippen molar-refractivity contribution in [2.45, 2.75) is 52.1 Å². The Kier molecular flexibility index (Phi) is 11.2. The molecule has 13 heteroatoms. The zero-order valence-corrected chi connectivity index (χ0v) is 27.5. The van der Waals surface area contributed by atoms with Gasteiger partial charge in [-0.3, -0.25) is 14.4 Å². The van der Waals surface area contributed by atoms with E-state index in [1.165, 1.54) is 4.90 Å². The van der Waals surface area contributed by atoms with E-state index in [9.17, 15) is 19.2 Å². The van der Waals surface area contributed by atoms with Crippen molar-refractivity contribution in [1.29, 1.82) is 0 Å². The number of methoxy groups -OCH3 is 1. The summed E-state index contributed by atoms with van der Waals surface area (Å²) >= 11 is 0. The average molecular weight is 656 g/mol. The summed E-state index contributed by atoms with van der Waals surface area (Å²) in [6, 6.07) is 14.2. The van der Waals surface area contributed by atoms with Gasteiger partial charge in [0.1, 0.15) is 11.9 Å². The van der Waals surface area contributed by atoms with Crippen molar-refractivity contribution in [2.75, 3.05) is 33.4 Å². The number of H-pyrrole nitrogens is 1. The number of aromatic amines is 1. The predicted molar refractivity (Wildman–Crippen MR) is 179 cm³/mol. The Labute approximate surface area is 278 Å². The molecule has 1 atom stereocenters. The Hall–Kier alpha value is -5.46. The summed E-state index contributed by atoms with van der Waals surface area (Å²) in [7, 11) is 1.56. The number of amides is 3. The maximum atomic E-state index is 13.6. The molecule has 0 radical (unpaired) electrons. The van der Waals surface area contributed by atoms with Crippen LogP contribution in [0.5, 0.6) is 11.5 Å². The summed E-state index contributed by atoms with van der Waals surface area (Å²) in [5, 5.41) is 5.84. The second kappa shape index (κ2) is 15.9. The second-order valence-corrected chi connectivity index (χ2v) is 11.7. The standard InChI is InChI=1S/C35H41N7O6/c1-23-27(24(2)39-35(46)38-23)11-13-32(44)42-16-7-19-48-30-21-26(10-12-29(30)47-3)33-36-14-17-41(33)18-15-37-34(45)28(40-31(43)22-42)20-25-8-5-4-6-9-25/h4-6,8-10,12,14,17,21,28H,7,11,13,15-16,18-20,22H2,1-3H3,(H,37,45)(H,40,43)(H,38,39,46)/t28-/m0/s1. The Bertz CT molecular complexity index is 1780. The molecule has 1 aliphatic rings. The zero-order chi connectivity index (χ0) is 34.0. The highest BCUT2D eigenvalue weighted by molar-refractivity contribution is 5.90. The molecule has 3 amide bonds. The van der Waals surface area contributed by atoms with Crippen molar-refractivity contribution in [3.63, 3.8) is 0 Å². The average Bonchev–Trinajstić information content (AvgIpc) is 3.53. The number of ether oxygens (including phenoxy) is 2. The van der Waals surface area contributed by atoms with Crippen molar-refractivity contribution in [1.82, 2.24) is 35.1 Å². The number of hydrogen-bond acceptors (Lipinski definition) is 8. The first-order chi connectivity index (χ1) is 23.2. The fourth-order valence-corrected chi connectivity index (χ4v) is 5.82. The Morgan fingerprint density at radius 2 is 1.90 bits per heavy atom. The van der Waals surface area contributed by atoms with Gasteiger partial charge in [-0.05, 0) is 56.0 Å². The molecule has 48 heavy (non-hydrogen) atoms. The normalized spacial score (nSPS) is 16.1. The number of hydrogen-bond donors (Lipinski definition) is 3. The smallest absolute Gasteiger partial charge is 0.345 e. The fraction of sp³-hybridized carbons (Fsp3) is 0.371. The van der Waals surface area contributed by atoms with Gasteiger partial charge < -0.3 is 34.6 Å². The van der Waals surface area contributed by atoms with Crippen LogP contribution < -0.4 is 25.8 Å². The molecule has 4 aromatic rings. The molecule has 3 heterocycles. The molecule has 0 aliphatic carbocycles. The van der Waals surface area contributed by atoms with Crippen molar-refractivity contribution in [3.05, 3.63) is 93.9 Å². The van der Waals surface area contributed by atoms with Crippen LogP contribution in [0.25, 0.3) is 11.4 Å². The lowest BCUT2D eigenvalue weighted by molar-refractivity contribution is -0.137. The Balaban J connectivity index is 1.40. The third-order valence-electron chi connectivity index (χ3n) is 8.28. The van der Waals surface area contributed by atoms with E-state index < -0.39 is 17.6 Å². The topological polar surface area (TPSA) is 161 Å². The summed E-state index contributed by atoms with van der Waals surface area (Å²) in [4.78, 5) is 65.0. The van der Waals surface area contributed by atoms with Crippen LogP contribution in [0.15, 0.2) is 65.7 Å². The molecule has 0 saturated carbocycles. The van der Waals surface area contributed by atoms with Crippen LogP contribution in [0.4, 0.5) is 0 Å². The highest BCUT2D eigenvalue weighted by Crippen LogP contribution is 2.32. The lowest BCUT2D eigenvalue weighted by Gasteiger charge is -2.25. The molecular weight excluding hydrogens is 614 g/mol. The van der Waals surface area contributed by atoms with Gasteiger partial charge in [-0.1, -0.05) is 30.3 Å². The van der Waals surface area contributed by atoms with E-state index in [0.717, 1.165) is 16.7 Å². The van der Waals surface area contributed by atoms with Crippen LogP contribution >= 0.6 is 0 Å². The maximum absolute atomic E-state index is 13.6. The number of nitrogens with zero attached hydrogens (tertiary/aromatic N) is 4. The molecule has 0 saturated heterocycles. The maximum Gasteiger partial charge on any atom is 0.345 e. The van der Waals surface area contributed by atoms with E-state index in [1.807, 2.05) is 59.3 Å². The van der Waals surface area contributed by atoms with Crippen molar-refractivity contribution >= 4 is 17.7 Å². The number of carbonyl (C=O) groups is 3. The molecule has 2 aromatic heterocycles. The Morgan fingerprint density at radius 3 is 2.67 bits per heavy atom. The quantitative estimate of drug-likeness (QED) is 0.285. The summed E-state index contributed by atoms with van der Waals surface area (Å²) in [6.07, 6.45) is 4.68. The van der Waals surface area contributed by atoms with Crippen LogP contribution in [0.2, 0.25) is 0 Å². The largest absolute Gasteiger partial charge is 0.493 e. The van der Waals surface area contributed by atoms with Gasteiger partial charge in [-0.2, -0.15) is 4.98 Å². The van der Waals surface area contributed by atoms with Crippen LogP contribution in [-0.4, -0.2) is 81.5 Å². The van der Waals surface area contributed by atoms with E-state index in [2.05, 4.69) is 25.6 Å². The van der Waals surface area contributed by atoms with Gasteiger partial charge in [0.05, 0.1) is 20.3 Å². The van der Waals surface area contributed by atoms with Crippen LogP contribution in [0, 0.1) is 13.8 Å². The van der Waals surface area contributed by atoms with Crippen molar-refractivity contribution < 1.29 is 23.9 Å². The summed E-state index contributed by atoms with van der Waals surface area (Å²) in [5.41, 5.74) is 3.26. The lowest BCUT2D eigenvalue weighted by Crippen LogP contribution is -2.51. The minimum Gasteiger partial charge on any atom is -0.493 e. The van der Waals surface area contributed by atoms with E-state index in [4.69, 9.17) is 9.47 Å². The van der Waals surface area contributed by atoms with Crippen molar-refractivity contribution in [2.24, 2.45) is 0 Å². The first kappa shape index (κ1) is 33.9. The number of benzene rings is 2. The molecule has 13 nitrogen and oxygen atoms in total. The molecular formula is C35H41N7O6. The number of nitrogens with one attached hydrogen (secondary N) is 3. The number of carbonyl (C=O) groups excluding carboxylic acids is 3. The van der Waals surface area contributed by atoms with Gasteiger partial charge in [0.25, 0.3) is 0 Å². The molecule has 5 rings (SSSR count). The first-order valence-electron chi connectivity index (χ1n) is 16.0. The zero-order valence-electron chi connectivity index (χ0n) is 27.5. The van der Waals surface area contributed by atoms with Gasteiger partial charge in [0.15, 0.2) is 11.5 Å². The monoisotopic (exact) mass is 655 g/mol. The number of rotatable bonds is 6. The molecule has 252 valence electrons. The minimum absolute atomic E-state index is 0.0972. The third-order valence-corrected chi connectivity index (χ3v) is 8.28. The highest BCUT2D eigenvalue weighted by atomic mass is 16.5. The Morgan fingerprint density at radius 1 is 1.08 bits per heavy atom. The second-order valence-electron chi connectivity index (χ2n) is 11.7. The van der Waals surface area contributed by atoms with Crippen LogP contribution in [-0.2, 0) is 33.8 Å². The van der Waals surface area contributed by atoms with E-state index in [1.54, 1.807) is 27.2 Å². The molecule has 2 aromatic carbocycles. The van der Waals surface area contributed by atoms with Crippen LogP contribution in [0.3, 0.4) is 0 Å². The van der Waals surface area contributed by atoms with Gasteiger partial charge >= 0.3 is 5.69 Å².